The second-order valence-corrected chi connectivity index (χ2v) is 9.53. The van der Waals surface area contributed by atoms with Gasteiger partial charge in [-0.2, -0.15) is 0 Å². The Bertz CT molecular complexity index is 1660. The fraction of sp³-hybridized carbons (Fsp3) is 0.129. The Hall–Kier alpha value is -4.78. The zero-order chi connectivity index (χ0) is 26.3. The van der Waals surface area contributed by atoms with Crippen molar-refractivity contribution in [3.05, 3.63) is 108 Å². The van der Waals surface area contributed by atoms with Crippen molar-refractivity contribution in [2.75, 3.05) is 5.32 Å². The first-order chi connectivity index (χ1) is 18.4. The minimum absolute atomic E-state index is 0.320. The van der Waals surface area contributed by atoms with E-state index in [1.807, 2.05) is 79.7 Å². The van der Waals surface area contributed by atoms with Gasteiger partial charge < -0.3 is 14.9 Å². The number of aryl methyl sites for hydroxylation is 1. The Morgan fingerprint density at radius 2 is 1.66 bits per heavy atom. The summed E-state index contributed by atoms with van der Waals surface area (Å²) in [7, 11) is 0. The van der Waals surface area contributed by atoms with E-state index in [4.69, 9.17) is 4.52 Å². The van der Waals surface area contributed by atoms with E-state index in [0.29, 0.717) is 47.1 Å². The fourth-order valence-corrected chi connectivity index (χ4v) is 4.79. The molecular weight excluding hydrogens is 481 g/mol. The van der Waals surface area contributed by atoms with E-state index in [-0.39, 0.29) is 5.82 Å². The Balaban J connectivity index is 1.34. The van der Waals surface area contributed by atoms with Crippen molar-refractivity contribution >= 4 is 17.5 Å². The van der Waals surface area contributed by atoms with Crippen molar-refractivity contribution in [3.63, 3.8) is 0 Å². The number of halogens is 1. The van der Waals surface area contributed by atoms with E-state index in [1.165, 1.54) is 12.1 Å². The zero-order valence-electron chi connectivity index (χ0n) is 20.6. The molecule has 0 saturated heterocycles. The van der Waals surface area contributed by atoms with Crippen molar-refractivity contribution in [1.29, 1.82) is 0 Å². The quantitative estimate of drug-likeness (QED) is 0.240. The van der Waals surface area contributed by atoms with E-state index >= 15 is 0 Å². The average molecular weight is 506 g/mol. The first-order valence-electron chi connectivity index (χ1n) is 12.3. The summed E-state index contributed by atoms with van der Waals surface area (Å²) in [6.45, 7) is 1.85. The van der Waals surface area contributed by atoms with Crippen molar-refractivity contribution in [1.82, 2.24) is 10.1 Å². The highest BCUT2D eigenvalue weighted by Crippen LogP contribution is 2.49. The molecule has 1 aliphatic rings. The molecule has 1 fully saturated rings. The van der Waals surface area contributed by atoms with Crippen molar-refractivity contribution in [2.45, 2.75) is 25.2 Å². The second kappa shape index (κ2) is 9.27. The number of aromatic nitrogens is 2. The lowest BCUT2D eigenvalue weighted by atomic mass is 9.92. The third-order valence-corrected chi connectivity index (χ3v) is 7.06. The monoisotopic (exact) mass is 505 g/mol. The summed E-state index contributed by atoms with van der Waals surface area (Å²) in [5.41, 5.74) is 5.46. The van der Waals surface area contributed by atoms with Crippen molar-refractivity contribution in [2.24, 2.45) is 0 Å². The predicted octanol–water partition coefficient (Wildman–Crippen LogP) is 7.38. The van der Waals surface area contributed by atoms with E-state index in [0.717, 1.165) is 22.3 Å². The summed E-state index contributed by atoms with van der Waals surface area (Å²) in [5.74, 6) is 0.0437. The highest BCUT2D eigenvalue weighted by Gasteiger charge is 2.51. The van der Waals surface area contributed by atoms with Crippen LogP contribution in [0.5, 0.6) is 0 Å². The number of hydrogen-bond acceptors (Lipinski definition) is 5. The van der Waals surface area contributed by atoms with Crippen molar-refractivity contribution < 1.29 is 18.8 Å². The molecule has 1 aliphatic carbocycles. The summed E-state index contributed by atoms with van der Waals surface area (Å²) in [4.78, 5) is 16.4. The molecule has 2 heterocycles. The van der Waals surface area contributed by atoms with Gasteiger partial charge in [0.15, 0.2) is 5.76 Å². The third kappa shape index (κ3) is 4.22. The summed E-state index contributed by atoms with van der Waals surface area (Å²) in [6.07, 6.45) is 1.33. The van der Waals surface area contributed by atoms with Crippen LogP contribution < -0.4 is 5.32 Å². The molecule has 6 nitrogen and oxygen atoms in total. The highest BCUT2D eigenvalue weighted by molar-refractivity contribution is 5.89. The van der Waals surface area contributed by atoms with Crippen LogP contribution in [-0.4, -0.2) is 21.2 Å². The number of nitrogens with zero attached hydrogens (tertiary/aromatic N) is 2. The largest absolute Gasteiger partial charge is 0.481 e. The first kappa shape index (κ1) is 23.6. The maximum Gasteiger partial charge on any atom is 0.314 e. The molecule has 188 valence electrons. The SMILES string of the molecule is Cc1noc(-c2ccccc2-c2ccc(C3(C(=O)O)CC3)cc2)c1Nc1cccc(-c2cccc(F)c2)n1. The second-order valence-electron chi connectivity index (χ2n) is 9.53. The topological polar surface area (TPSA) is 88.2 Å². The van der Waals surface area contributed by atoms with Gasteiger partial charge in [-0.15, -0.1) is 0 Å². The Morgan fingerprint density at radius 3 is 2.37 bits per heavy atom. The van der Waals surface area contributed by atoms with Gasteiger partial charge in [0.2, 0.25) is 0 Å². The molecule has 0 amide bonds. The number of hydrogen-bond donors (Lipinski definition) is 2. The van der Waals surface area contributed by atoms with Gasteiger partial charge in [-0.05, 0) is 60.7 Å². The van der Waals surface area contributed by atoms with Gasteiger partial charge in [-0.25, -0.2) is 9.37 Å². The number of pyridine rings is 1. The predicted molar refractivity (Wildman–Crippen MR) is 144 cm³/mol. The lowest BCUT2D eigenvalue weighted by Crippen LogP contribution is -2.19. The summed E-state index contributed by atoms with van der Waals surface area (Å²) >= 11 is 0. The Labute approximate surface area is 218 Å². The molecule has 5 aromatic rings. The molecule has 0 bridgehead atoms. The van der Waals surface area contributed by atoms with E-state index in [2.05, 4.69) is 15.5 Å². The molecule has 1 saturated carbocycles. The Kier molecular flexibility index (Phi) is 5.76. The molecule has 0 radical (unpaired) electrons. The average Bonchev–Trinajstić information content (AvgIpc) is 3.68. The van der Waals surface area contributed by atoms with Crippen LogP contribution in [0.15, 0.2) is 95.5 Å². The number of anilines is 2. The summed E-state index contributed by atoms with van der Waals surface area (Å²) in [5, 5.41) is 17.2. The van der Waals surface area contributed by atoms with Gasteiger partial charge in [-0.3, -0.25) is 4.79 Å². The molecule has 0 spiro atoms. The van der Waals surface area contributed by atoms with Gasteiger partial charge in [0.1, 0.15) is 23.0 Å². The highest BCUT2D eigenvalue weighted by atomic mass is 19.1. The number of carboxylic acids is 1. The molecule has 7 heteroatoms. The number of carboxylic acid groups (broad SMARTS) is 1. The van der Waals surface area contributed by atoms with Gasteiger partial charge in [0.05, 0.1) is 11.1 Å². The molecule has 2 N–H and O–H groups in total. The minimum Gasteiger partial charge on any atom is -0.481 e. The van der Waals surface area contributed by atoms with Gasteiger partial charge in [-0.1, -0.05) is 71.9 Å². The maximum absolute atomic E-state index is 13.8. The van der Waals surface area contributed by atoms with Gasteiger partial charge >= 0.3 is 5.97 Å². The van der Waals surface area contributed by atoms with E-state index < -0.39 is 11.4 Å². The molecule has 3 aromatic carbocycles. The molecule has 0 unspecified atom stereocenters. The maximum atomic E-state index is 13.8. The van der Waals surface area contributed by atoms with Crippen LogP contribution in [-0.2, 0) is 10.2 Å². The number of nitrogens with one attached hydrogen (secondary N) is 1. The molecule has 2 aromatic heterocycles. The number of aliphatic carboxylic acids is 1. The summed E-state index contributed by atoms with van der Waals surface area (Å²) < 4.78 is 19.6. The lowest BCUT2D eigenvalue weighted by Gasteiger charge is -2.13. The molecule has 0 aliphatic heterocycles. The normalized spacial score (nSPS) is 13.7. The molecule has 0 atom stereocenters. The number of carbonyl (C=O) groups is 1. The van der Waals surface area contributed by atoms with Crippen LogP contribution in [0.25, 0.3) is 33.7 Å². The molecule has 38 heavy (non-hydrogen) atoms. The fourth-order valence-electron chi connectivity index (χ4n) is 4.79. The van der Waals surface area contributed by atoms with Gasteiger partial charge in [0.25, 0.3) is 0 Å². The Morgan fingerprint density at radius 1 is 0.921 bits per heavy atom. The van der Waals surface area contributed by atoms with Crippen LogP contribution in [0.1, 0.15) is 24.1 Å². The lowest BCUT2D eigenvalue weighted by molar-refractivity contribution is -0.140. The van der Waals surface area contributed by atoms with Crippen LogP contribution in [0, 0.1) is 12.7 Å². The molecular formula is C31H24FN3O3. The summed E-state index contributed by atoms with van der Waals surface area (Å²) in [6, 6.07) is 27.4. The molecule has 6 rings (SSSR count). The van der Waals surface area contributed by atoms with Crippen LogP contribution >= 0.6 is 0 Å². The zero-order valence-corrected chi connectivity index (χ0v) is 20.6. The number of rotatable bonds is 7. The van der Waals surface area contributed by atoms with Gasteiger partial charge in [0, 0.05) is 11.1 Å². The first-order valence-corrected chi connectivity index (χ1v) is 12.3. The van der Waals surface area contributed by atoms with E-state index in [1.54, 1.807) is 6.07 Å². The van der Waals surface area contributed by atoms with Crippen LogP contribution in [0.2, 0.25) is 0 Å². The van der Waals surface area contributed by atoms with E-state index in [9.17, 15) is 14.3 Å². The van der Waals surface area contributed by atoms with Crippen molar-refractivity contribution in [3.8, 4) is 33.7 Å². The minimum atomic E-state index is -0.770. The van der Waals surface area contributed by atoms with Crippen LogP contribution in [0.3, 0.4) is 0 Å². The smallest absolute Gasteiger partial charge is 0.314 e. The number of benzene rings is 3. The standard InChI is InChI=1S/C31H24FN3O3/c1-19-28(34-27-11-5-10-26(33-27)21-6-4-7-23(32)18-21)29(38-35-19)25-9-3-2-8-24(25)20-12-14-22(15-13-20)31(16-17-31)30(36)37/h2-15,18H,16-17H2,1H3,(H,33,34)(H,36,37). The third-order valence-electron chi connectivity index (χ3n) is 7.06. The van der Waals surface area contributed by atoms with Crippen LogP contribution in [0.4, 0.5) is 15.9 Å².